The predicted octanol–water partition coefficient (Wildman–Crippen LogP) is 5.54. The topological polar surface area (TPSA) is 43.8 Å². The van der Waals surface area contributed by atoms with Crippen LogP contribution in [0.5, 0.6) is 5.75 Å². The predicted molar refractivity (Wildman–Crippen MR) is 128 cm³/mol. The van der Waals surface area contributed by atoms with E-state index in [9.17, 15) is 9.32 Å². The van der Waals surface area contributed by atoms with Gasteiger partial charge in [0.25, 0.3) is 0 Å². The molecule has 5 heteroatoms. The van der Waals surface area contributed by atoms with Crippen molar-refractivity contribution < 1.29 is 9.32 Å². The molecule has 162 valence electrons. The normalized spacial score (nSPS) is 15.1. The molecular weight excluding hydrogens is 404 g/mol. The molecule has 0 fully saturated rings. The number of anilines is 2. The average Bonchev–Trinajstić information content (AvgIpc) is 2.77. The minimum atomic E-state index is -1.14. The lowest BCUT2D eigenvalue weighted by Gasteiger charge is -2.34. The number of hydrogen-bond donors (Lipinski definition) is 1. The van der Waals surface area contributed by atoms with Gasteiger partial charge in [-0.2, -0.15) is 0 Å². The number of aromatic hydroxyl groups is 1. The fourth-order valence-electron chi connectivity index (χ4n) is 4.24. The van der Waals surface area contributed by atoms with E-state index in [0.29, 0.717) is 5.75 Å². The summed E-state index contributed by atoms with van der Waals surface area (Å²) in [5, 5.41) is 10.00. The Bertz CT molecular complexity index is 1110. The minimum absolute atomic E-state index is 0.356. The molecule has 1 aliphatic rings. The van der Waals surface area contributed by atoms with Crippen LogP contribution < -0.4 is 4.90 Å². The van der Waals surface area contributed by atoms with Gasteiger partial charge < -0.3 is 14.9 Å². The summed E-state index contributed by atoms with van der Waals surface area (Å²) in [6.07, 6.45) is 2.07. The van der Waals surface area contributed by atoms with Crippen LogP contribution in [-0.4, -0.2) is 34.4 Å². The summed E-state index contributed by atoms with van der Waals surface area (Å²) < 4.78 is 13.2. The number of phenols is 1. The van der Waals surface area contributed by atoms with Crippen LogP contribution >= 0.6 is 0 Å². The number of benzene rings is 3. The maximum Gasteiger partial charge on any atom is 0.120 e. The largest absolute Gasteiger partial charge is 0.508 e. The first-order valence-corrected chi connectivity index (χ1v) is 12.0. The van der Waals surface area contributed by atoms with Gasteiger partial charge in [0.05, 0.1) is 32.0 Å². The van der Waals surface area contributed by atoms with Crippen molar-refractivity contribution in [1.82, 2.24) is 4.90 Å². The summed E-state index contributed by atoms with van der Waals surface area (Å²) in [6.45, 7) is 6.82. The van der Waals surface area contributed by atoms with Crippen LogP contribution in [0.15, 0.2) is 70.5 Å². The zero-order valence-electron chi connectivity index (χ0n) is 18.5. The molecular formula is C26H30N2O2S. The summed E-state index contributed by atoms with van der Waals surface area (Å²) in [5.74, 6) is 0.356. The summed E-state index contributed by atoms with van der Waals surface area (Å²) >= 11 is 0. The van der Waals surface area contributed by atoms with E-state index in [2.05, 4.69) is 42.8 Å². The number of hydrogen-bond acceptors (Lipinski definition) is 4. The van der Waals surface area contributed by atoms with Gasteiger partial charge in [-0.1, -0.05) is 36.4 Å². The van der Waals surface area contributed by atoms with Gasteiger partial charge in [0.2, 0.25) is 0 Å². The van der Waals surface area contributed by atoms with Crippen molar-refractivity contribution in [2.75, 3.05) is 25.0 Å². The highest BCUT2D eigenvalue weighted by Gasteiger charge is 2.29. The summed E-state index contributed by atoms with van der Waals surface area (Å²) in [6, 6.07) is 19.7. The lowest BCUT2D eigenvalue weighted by Crippen LogP contribution is -2.27. The molecule has 1 atom stereocenters. The number of unbranched alkanes of at least 4 members (excludes halogenated alkanes) is 1. The molecule has 1 unspecified atom stereocenters. The van der Waals surface area contributed by atoms with Crippen LogP contribution in [0.2, 0.25) is 0 Å². The van der Waals surface area contributed by atoms with Crippen molar-refractivity contribution in [3.8, 4) is 5.75 Å². The second kappa shape index (κ2) is 9.25. The monoisotopic (exact) mass is 434 g/mol. The van der Waals surface area contributed by atoms with E-state index in [-0.39, 0.29) is 0 Å². The van der Waals surface area contributed by atoms with Gasteiger partial charge in [-0.05, 0) is 75.7 Å². The van der Waals surface area contributed by atoms with Crippen molar-refractivity contribution in [3.63, 3.8) is 0 Å². The molecule has 3 aromatic rings. The van der Waals surface area contributed by atoms with E-state index in [4.69, 9.17) is 0 Å². The first-order valence-electron chi connectivity index (χ1n) is 10.8. The Morgan fingerprint density at radius 2 is 1.68 bits per heavy atom. The number of phenolic OH excluding ortho intramolecular Hbond substituents is 1. The van der Waals surface area contributed by atoms with Crippen molar-refractivity contribution in [2.45, 2.75) is 43.0 Å². The number of nitrogens with zero attached hydrogens (tertiary/aromatic N) is 2. The molecule has 1 heterocycles. The maximum absolute atomic E-state index is 13.2. The van der Waals surface area contributed by atoms with Gasteiger partial charge in [0, 0.05) is 18.7 Å². The molecule has 4 nitrogen and oxygen atoms in total. The van der Waals surface area contributed by atoms with E-state index in [1.54, 1.807) is 6.07 Å². The van der Waals surface area contributed by atoms with Crippen molar-refractivity contribution in [1.29, 1.82) is 0 Å². The van der Waals surface area contributed by atoms with Gasteiger partial charge >= 0.3 is 0 Å². The van der Waals surface area contributed by atoms with E-state index in [0.717, 1.165) is 59.2 Å². The molecule has 31 heavy (non-hydrogen) atoms. The second-order valence-corrected chi connectivity index (χ2v) is 9.73. The molecule has 0 spiro atoms. The Kier molecular flexibility index (Phi) is 6.44. The quantitative estimate of drug-likeness (QED) is 0.496. The number of fused-ring (bicyclic) bond motifs is 2. The summed E-state index contributed by atoms with van der Waals surface area (Å²) in [4.78, 5) is 6.42. The van der Waals surface area contributed by atoms with Crippen LogP contribution in [0.4, 0.5) is 11.4 Å². The Balaban J connectivity index is 1.46. The molecule has 0 bridgehead atoms. The summed E-state index contributed by atoms with van der Waals surface area (Å²) in [7, 11) is 0.949. The summed E-state index contributed by atoms with van der Waals surface area (Å²) in [5.41, 5.74) is 5.56. The van der Waals surface area contributed by atoms with Crippen LogP contribution in [0, 0.1) is 13.8 Å². The number of rotatable bonds is 7. The molecule has 0 saturated carbocycles. The van der Waals surface area contributed by atoms with Crippen LogP contribution in [0.1, 0.15) is 29.5 Å². The smallest absolute Gasteiger partial charge is 0.120 e. The van der Waals surface area contributed by atoms with E-state index >= 15 is 0 Å². The first kappa shape index (κ1) is 21.6. The fourth-order valence-corrected chi connectivity index (χ4v) is 5.67. The molecule has 0 amide bonds. The molecule has 4 rings (SSSR count). The Labute approximate surface area is 187 Å². The molecule has 0 saturated heterocycles. The minimum Gasteiger partial charge on any atom is -0.508 e. The van der Waals surface area contributed by atoms with Gasteiger partial charge in [-0.25, -0.2) is 4.21 Å². The first-order chi connectivity index (χ1) is 15.0. The molecule has 3 aromatic carbocycles. The lowest BCUT2D eigenvalue weighted by atomic mass is 10.1. The van der Waals surface area contributed by atoms with E-state index < -0.39 is 10.8 Å². The lowest BCUT2D eigenvalue weighted by molar-refractivity contribution is 0.313. The van der Waals surface area contributed by atoms with Crippen molar-refractivity contribution in [3.05, 3.63) is 77.4 Å². The Hall–Kier alpha value is -2.63. The van der Waals surface area contributed by atoms with E-state index in [1.165, 1.54) is 11.1 Å². The highest BCUT2D eigenvalue weighted by Crippen LogP contribution is 2.44. The third-order valence-electron chi connectivity index (χ3n) is 6.09. The van der Waals surface area contributed by atoms with Gasteiger partial charge in [0.15, 0.2) is 0 Å². The molecule has 0 aromatic heterocycles. The standard InChI is InChI=1S/C26H30N2O2S/c1-19-14-15-25-26(20(19)2)28(22-11-5-7-13-24(22)31(25)30)17-9-8-16-27(3)18-21-10-4-6-12-23(21)29/h4-7,10-15,29H,8-9,16-18H2,1-3H3. The second-order valence-electron chi connectivity index (χ2n) is 8.32. The molecule has 1 aliphatic heterocycles. The molecule has 1 N–H and O–H groups in total. The SMILES string of the molecule is Cc1ccc2c(c1C)N(CCCCN(C)Cc1ccccc1O)c1ccccc1S2=O. The zero-order chi connectivity index (χ0) is 22.0. The third-order valence-corrected chi connectivity index (χ3v) is 7.57. The number of para-hydroxylation sites is 2. The average molecular weight is 435 g/mol. The Morgan fingerprint density at radius 1 is 0.935 bits per heavy atom. The zero-order valence-corrected chi connectivity index (χ0v) is 19.3. The van der Waals surface area contributed by atoms with Crippen molar-refractivity contribution in [2.24, 2.45) is 0 Å². The van der Waals surface area contributed by atoms with Crippen molar-refractivity contribution >= 4 is 22.2 Å². The van der Waals surface area contributed by atoms with Gasteiger partial charge in [-0.3, -0.25) is 0 Å². The maximum atomic E-state index is 13.2. The van der Waals surface area contributed by atoms with Crippen LogP contribution in [0.25, 0.3) is 0 Å². The highest BCUT2D eigenvalue weighted by atomic mass is 32.2. The number of aryl methyl sites for hydroxylation is 1. The third kappa shape index (κ3) is 4.39. The van der Waals surface area contributed by atoms with Crippen LogP contribution in [0.3, 0.4) is 0 Å². The van der Waals surface area contributed by atoms with E-state index in [1.807, 2.05) is 42.5 Å². The Morgan fingerprint density at radius 3 is 2.48 bits per heavy atom. The fraction of sp³-hybridized carbons (Fsp3) is 0.308. The molecule has 0 aliphatic carbocycles. The van der Waals surface area contributed by atoms with Gasteiger partial charge in [0.1, 0.15) is 5.75 Å². The van der Waals surface area contributed by atoms with Crippen LogP contribution in [-0.2, 0) is 17.3 Å². The van der Waals surface area contributed by atoms with Gasteiger partial charge in [-0.15, -0.1) is 0 Å². The highest BCUT2D eigenvalue weighted by molar-refractivity contribution is 7.85. The molecule has 0 radical (unpaired) electrons.